The van der Waals surface area contributed by atoms with Crippen molar-refractivity contribution in [3.8, 4) is 5.75 Å². The van der Waals surface area contributed by atoms with Crippen molar-refractivity contribution in [1.82, 2.24) is 4.98 Å². The molecule has 0 aliphatic heterocycles. The molecular weight excluding hydrogens is 335 g/mol. The Labute approximate surface area is 123 Å². The van der Waals surface area contributed by atoms with Crippen LogP contribution in [0.25, 0.3) is 0 Å². The Morgan fingerprint density at radius 3 is 2.89 bits per heavy atom. The van der Waals surface area contributed by atoms with Gasteiger partial charge in [-0.2, -0.15) is 0 Å². The van der Waals surface area contributed by atoms with Gasteiger partial charge >= 0.3 is 0 Å². The Hall–Kier alpha value is -1.33. The molecule has 1 aromatic heterocycles. The van der Waals surface area contributed by atoms with Gasteiger partial charge in [-0.1, -0.05) is 11.6 Å². The molecule has 1 unspecified atom stereocenters. The van der Waals surface area contributed by atoms with Crippen LogP contribution in [-0.2, 0) is 0 Å². The summed E-state index contributed by atoms with van der Waals surface area (Å²) in [5.74, 6) is -0.375. The van der Waals surface area contributed by atoms with E-state index in [2.05, 4.69) is 26.2 Å². The zero-order chi connectivity index (χ0) is 14.0. The van der Waals surface area contributed by atoms with Crippen molar-refractivity contribution < 1.29 is 9.50 Å². The second kappa shape index (κ2) is 5.75. The normalized spacial score (nSPS) is 12.2. The largest absolute Gasteiger partial charge is 0.508 e. The van der Waals surface area contributed by atoms with Crippen LogP contribution < -0.4 is 5.32 Å². The topological polar surface area (TPSA) is 45.2 Å². The fourth-order valence-corrected chi connectivity index (χ4v) is 2.20. The molecule has 0 aliphatic carbocycles. The fourth-order valence-electron chi connectivity index (χ4n) is 1.71. The van der Waals surface area contributed by atoms with Crippen molar-refractivity contribution in [1.29, 1.82) is 0 Å². The van der Waals surface area contributed by atoms with Gasteiger partial charge in [0.25, 0.3) is 0 Å². The monoisotopic (exact) mass is 344 g/mol. The first kappa shape index (κ1) is 14.1. The zero-order valence-corrected chi connectivity index (χ0v) is 12.3. The molecule has 1 aromatic carbocycles. The number of halogens is 3. The number of benzene rings is 1. The Morgan fingerprint density at radius 1 is 1.42 bits per heavy atom. The number of rotatable bonds is 3. The van der Waals surface area contributed by atoms with Gasteiger partial charge in [-0.05, 0) is 47.1 Å². The lowest BCUT2D eigenvalue weighted by Gasteiger charge is -2.17. The highest BCUT2D eigenvalue weighted by Crippen LogP contribution is 2.30. The molecule has 0 saturated heterocycles. The number of aromatic nitrogens is 1. The number of phenols is 1. The maximum absolute atomic E-state index is 13.2. The van der Waals surface area contributed by atoms with Gasteiger partial charge < -0.3 is 10.4 Å². The highest BCUT2D eigenvalue weighted by Gasteiger charge is 2.13. The first-order chi connectivity index (χ1) is 8.97. The molecule has 2 N–H and O–H groups in total. The zero-order valence-electron chi connectivity index (χ0n) is 9.99. The van der Waals surface area contributed by atoms with Gasteiger partial charge in [0.1, 0.15) is 11.6 Å². The van der Waals surface area contributed by atoms with Crippen molar-refractivity contribution >= 4 is 33.2 Å². The molecule has 1 atom stereocenters. The summed E-state index contributed by atoms with van der Waals surface area (Å²) >= 11 is 9.27. The van der Waals surface area contributed by atoms with Crippen LogP contribution >= 0.6 is 27.5 Å². The van der Waals surface area contributed by atoms with Gasteiger partial charge in [-0.3, -0.25) is 0 Å². The van der Waals surface area contributed by atoms with Crippen LogP contribution in [0.1, 0.15) is 18.5 Å². The van der Waals surface area contributed by atoms with Crippen molar-refractivity contribution in [3.63, 3.8) is 0 Å². The average Bonchev–Trinajstić information content (AvgIpc) is 2.36. The minimum Gasteiger partial charge on any atom is -0.508 e. The van der Waals surface area contributed by atoms with Gasteiger partial charge in [-0.25, -0.2) is 9.37 Å². The number of phenolic OH excluding ortho intramolecular Hbond substituents is 1. The summed E-state index contributed by atoms with van der Waals surface area (Å²) in [5, 5.41) is 13.1. The molecule has 19 heavy (non-hydrogen) atoms. The molecule has 3 nitrogen and oxygen atoms in total. The predicted molar refractivity (Wildman–Crippen MR) is 77.0 cm³/mol. The van der Waals surface area contributed by atoms with Crippen LogP contribution in [0.3, 0.4) is 0 Å². The Kier molecular flexibility index (Phi) is 4.27. The Balaban J connectivity index is 2.27. The minimum atomic E-state index is -0.403. The molecule has 100 valence electrons. The molecule has 0 spiro atoms. The van der Waals surface area contributed by atoms with Crippen molar-refractivity contribution in [2.75, 3.05) is 5.32 Å². The fraction of sp³-hybridized carbons (Fsp3) is 0.154. The smallest absolute Gasteiger partial charge is 0.152 e. The second-order valence-corrected chi connectivity index (χ2v) is 5.33. The minimum absolute atomic E-state index is 0.0282. The summed E-state index contributed by atoms with van der Waals surface area (Å²) in [4.78, 5) is 3.98. The summed E-state index contributed by atoms with van der Waals surface area (Å²) in [5.41, 5.74) is 1.06. The maximum atomic E-state index is 13.2. The number of nitrogens with one attached hydrogen (secondary N) is 1. The van der Waals surface area contributed by atoms with E-state index in [1.54, 1.807) is 19.2 Å². The standard InChI is InChI=1S/C13H11BrClFN2O/c1-7(10-5-9(16)2-3-12(10)19)18-11-4-8(14)6-17-13(11)15/h2-7,18-19H,1H3. The van der Waals surface area contributed by atoms with Gasteiger partial charge in [0.2, 0.25) is 0 Å². The van der Waals surface area contributed by atoms with Crippen molar-refractivity contribution in [2.24, 2.45) is 0 Å². The second-order valence-electron chi connectivity index (χ2n) is 4.06. The van der Waals surface area contributed by atoms with Gasteiger partial charge in [0.15, 0.2) is 5.15 Å². The van der Waals surface area contributed by atoms with E-state index >= 15 is 0 Å². The molecule has 0 radical (unpaired) electrons. The number of aromatic hydroxyl groups is 1. The van der Waals surface area contributed by atoms with Crippen molar-refractivity contribution in [2.45, 2.75) is 13.0 Å². The van der Waals surface area contributed by atoms with Gasteiger partial charge in [0.05, 0.1) is 11.7 Å². The van der Waals surface area contributed by atoms with Crippen LogP contribution in [0.2, 0.25) is 5.15 Å². The third-order valence-corrected chi connectivity index (χ3v) is 3.37. The van der Waals surface area contributed by atoms with Crippen LogP contribution in [0.15, 0.2) is 34.9 Å². The molecule has 1 heterocycles. The summed E-state index contributed by atoms with van der Waals surface area (Å²) in [6.07, 6.45) is 1.58. The summed E-state index contributed by atoms with van der Waals surface area (Å²) in [6.45, 7) is 1.80. The highest BCUT2D eigenvalue weighted by atomic mass is 79.9. The van der Waals surface area contributed by atoms with Crippen molar-refractivity contribution in [3.05, 3.63) is 51.5 Å². The summed E-state index contributed by atoms with van der Waals surface area (Å²) < 4.78 is 14.0. The molecular formula is C13H11BrClFN2O. The molecule has 0 bridgehead atoms. The Morgan fingerprint density at radius 2 is 2.16 bits per heavy atom. The number of pyridine rings is 1. The first-order valence-corrected chi connectivity index (χ1v) is 6.70. The number of nitrogens with zero attached hydrogens (tertiary/aromatic N) is 1. The SMILES string of the molecule is CC(Nc1cc(Br)cnc1Cl)c1cc(F)ccc1O. The molecule has 0 fully saturated rings. The van der Waals surface area contributed by atoms with E-state index in [0.717, 1.165) is 4.47 Å². The number of hydrogen-bond acceptors (Lipinski definition) is 3. The van der Waals surface area contributed by atoms with E-state index in [9.17, 15) is 9.50 Å². The lowest BCUT2D eigenvalue weighted by molar-refractivity contribution is 0.462. The third kappa shape index (κ3) is 3.36. The predicted octanol–water partition coefficient (Wildman–Crippen LogP) is 4.52. The van der Waals surface area contributed by atoms with Gasteiger partial charge in [0, 0.05) is 16.2 Å². The van der Waals surface area contributed by atoms with Gasteiger partial charge in [-0.15, -0.1) is 0 Å². The lowest BCUT2D eigenvalue weighted by atomic mass is 10.1. The molecule has 0 aliphatic rings. The van der Waals surface area contributed by atoms with E-state index in [0.29, 0.717) is 16.4 Å². The van der Waals surface area contributed by atoms with E-state index in [1.807, 2.05) is 0 Å². The van der Waals surface area contributed by atoms with E-state index in [4.69, 9.17) is 11.6 Å². The van der Waals surface area contributed by atoms with Crippen LogP contribution in [-0.4, -0.2) is 10.1 Å². The number of anilines is 1. The summed E-state index contributed by atoms with van der Waals surface area (Å²) in [6, 6.07) is 5.27. The van der Waals surface area contributed by atoms with Crippen LogP contribution in [0.5, 0.6) is 5.75 Å². The van der Waals surface area contributed by atoms with Crippen LogP contribution in [0.4, 0.5) is 10.1 Å². The average molecular weight is 346 g/mol. The molecule has 2 rings (SSSR count). The van der Waals surface area contributed by atoms with Crippen LogP contribution in [0, 0.1) is 5.82 Å². The number of hydrogen-bond donors (Lipinski definition) is 2. The lowest BCUT2D eigenvalue weighted by Crippen LogP contribution is -2.08. The van der Waals surface area contributed by atoms with E-state index < -0.39 is 5.82 Å². The molecule has 0 saturated carbocycles. The Bertz CT molecular complexity index is 609. The summed E-state index contributed by atoms with van der Waals surface area (Å²) in [7, 11) is 0. The molecule has 0 amide bonds. The highest BCUT2D eigenvalue weighted by molar-refractivity contribution is 9.10. The molecule has 6 heteroatoms. The third-order valence-electron chi connectivity index (χ3n) is 2.63. The maximum Gasteiger partial charge on any atom is 0.152 e. The first-order valence-electron chi connectivity index (χ1n) is 5.53. The van der Waals surface area contributed by atoms with E-state index in [1.165, 1.54) is 18.2 Å². The van der Waals surface area contributed by atoms with E-state index in [-0.39, 0.29) is 11.8 Å². The quantitative estimate of drug-likeness (QED) is 0.804. The molecule has 2 aromatic rings.